The molecule has 29 heteroatoms. The lowest BCUT2D eigenvalue weighted by atomic mass is 9.84. The second-order valence-electron chi connectivity index (χ2n) is 21.6. The van der Waals surface area contributed by atoms with Crippen LogP contribution in [0.2, 0.25) is 5.15 Å². The molecule has 0 bridgehead atoms. The van der Waals surface area contributed by atoms with Crippen molar-refractivity contribution in [3.63, 3.8) is 0 Å². The van der Waals surface area contributed by atoms with Crippen molar-refractivity contribution in [2.75, 3.05) is 16.4 Å². The van der Waals surface area contributed by atoms with Gasteiger partial charge in [0, 0.05) is 36.7 Å². The molecular formula is C54H60ClF3N18O7. The molecule has 12 rings (SSSR count). The number of nitrogens with two attached hydrogens (primary N) is 2. The van der Waals surface area contributed by atoms with E-state index in [2.05, 4.69) is 55.5 Å². The molecule has 9 aromatic heterocycles. The van der Waals surface area contributed by atoms with Gasteiger partial charge in [0.25, 0.3) is 0 Å². The summed E-state index contributed by atoms with van der Waals surface area (Å²) in [6.45, 7) is 5.54. The molecule has 0 amide bonds. The van der Waals surface area contributed by atoms with Crippen molar-refractivity contribution in [3.05, 3.63) is 135 Å². The summed E-state index contributed by atoms with van der Waals surface area (Å²) < 4.78 is 45.0. The molecule has 25 nitrogen and oxygen atoms in total. The zero-order chi connectivity index (χ0) is 59.4. The van der Waals surface area contributed by atoms with Crippen LogP contribution in [0.1, 0.15) is 97.8 Å². The van der Waals surface area contributed by atoms with Gasteiger partial charge in [-0.25, -0.2) is 58.0 Å². The largest absolute Gasteiger partial charge is 0.394 e. The highest BCUT2D eigenvalue weighted by atomic mass is 35.5. The monoisotopic (exact) mass is 1160 g/mol. The Morgan fingerprint density at radius 2 is 0.892 bits per heavy atom. The van der Waals surface area contributed by atoms with Crippen LogP contribution in [0.25, 0.3) is 51.5 Å². The topological polar surface area (TPSA) is 352 Å². The molecule has 9 heterocycles. The van der Waals surface area contributed by atoms with Crippen LogP contribution in [0.3, 0.4) is 0 Å². The highest BCUT2D eigenvalue weighted by molar-refractivity contribution is 6.31. The normalized spacial score (nSPS) is 22.3. The lowest BCUT2D eigenvalue weighted by Crippen LogP contribution is -2.36. The van der Waals surface area contributed by atoms with Crippen molar-refractivity contribution in [2.45, 2.75) is 133 Å². The molecule has 436 valence electrons. The zero-order valence-electron chi connectivity index (χ0n) is 45.3. The Balaban J connectivity index is 0.000000140. The summed E-state index contributed by atoms with van der Waals surface area (Å²) in [6.07, 6.45) is 21.5. The number of halogens is 4. The number of aromatic nitrogens is 12. The predicted molar refractivity (Wildman–Crippen MR) is 301 cm³/mol. The van der Waals surface area contributed by atoms with Gasteiger partial charge < -0.3 is 37.4 Å². The Morgan fingerprint density at radius 3 is 1.28 bits per heavy atom. The summed E-state index contributed by atoms with van der Waals surface area (Å²) >= 11 is 5.73. The number of nitro groups is 2. The summed E-state index contributed by atoms with van der Waals surface area (Å²) in [5.41, 5.74) is 12.8. The van der Waals surface area contributed by atoms with Crippen molar-refractivity contribution in [3.8, 4) is 34.6 Å². The van der Waals surface area contributed by atoms with Crippen molar-refractivity contribution in [2.24, 2.45) is 5.73 Å². The Morgan fingerprint density at radius 1 is 0.542 bits per heavy atom. The average Bonchev–Trinajstić information content (AvgIpc) is 3.84. The lowest BCUT2D eigenvalue weighted by molar-refractivity contribution is -0.385. The second-order valence-corrected chi connectivity index (χ2v) is 22.0. The van der Waals surface area contributed by atoms with E-state index >= 15 is 0 Å². The molecule has 9 aromatic rings. The number of pyridine rings is 3. The fourth-order valence-electron chi connectivity index (χ4n) is 9.75. The SMILES string of the molecule is CC1(O)CCC(N)CC1.CC1(O)CCC(Nc2nc(-c3cnc4ccc(F)cn34)ncc2N)CC1.CC1(O)CCC(Nc2nc(-c3cnc4ccc(F)cn34)ncc2[N+](=O)[O-])CC1.O=[N+]([O-])c1cnc(-c2cnc3ccc(F)cn23)nc1Cl. The van der Waals surface area contributed by atoms with Gasteiger partial charge in [0.05, 0.1) is 57.1 Å². The quantitative estimate of drug-likeness (QED) is 0.0403. The number of hydrogen-bond donors (Lipinski definition) is 7. The van der Waals surface area contributed by atoms with Crippen molar-refractivity contribution >= 4 is 57.2 Å². The van der Waals surface area contributed by atoms with E-state index in [9.17, 15) is 48.7 Å². The Kier molecular flexibility index (Phi) is 17.4. The molecule has 0 radical (unpaired) electrons. The summed E-state index contributed by atoms with van der Waals surface area (Å²) in [7, 11) is 0. The molecule has 3 aliphatic carbocycles. The van der Waals surface area contributed by atoms with Gasteiger partial charge in [-0.1, -0.05) is 11.6 Å². The van der Waals surface area contributed by atoms with Crippen LogP contribution >= 0.6 is 11.6 Å². The van der Waals surface area contributed by atoms with Crippen LogP contribution in [0.5, 0.6) is 0 Å². The third-order valence-corrected chi connectivity index (χ3v) is 15.0. The van der Waals surface area contributed by atoms with Gasteiger partial charge in [-0.3, -0.25) is 33.4 Å². The van der Waals surface area contributed by atoms with Crippen LogP contribution in [-0.2, 0) is 0 Å². The van der Waals surface area contributed by atoms with Gasteiger partial charge in [-0.15, -0.1) is 0 Å². The van der Waals surface area contributed by atoms with E-state index in [1.165, 1.54) is 70.1 Å². The number of hydrogen-bond acceptors (Lipinski definition) is 20. The molecule has 3 fully saturated rings. The summed E-state index contributed by atoms with van der Waals surface area (Å²) in [5, 5.41) is 57.9. The number of nitrogens with one attached hydrogen (secondary N) is 2. The first-order chi connectivity index (χ1) is 39.4. The van der Waals surface area contributed by atoms with Crippen molar-refractivity contribution < 1.29 is 38.3 Å². The van der Waals surface area contributed by atoms with Crippen LogP contribution in [-0.4, -0.2) is 118 Å². The fraction of sp³-hybridized carbons (Fsp3) is 0.389. The lowest BCUT2D eigenvalue weighted by Gasteiger charge is -2.33. The first-order valence-corrected chi connectivity index (χ1v) is 26.9. The Bertz CT molecular complexity index is 3790. The van der Waals surface area contributed by atoms with Crippen LogP contribution in [0.15, 0.2) is 92.2 Å². The average molecular weight is 1170 g/mol. The number of fused-ring (bicyclic) bond motifs is 3. The maximum atomic E-state index is 13.6. The molecule has 3 aliphatic rings. The number of aliphatic hydroxyl groups is 3. The second kappa shape index (κ2) is 24.5. The summed E-state index contributed by atoms with van der Waals surface area (Å²) in [4.78, 5) is 58.3. The highest BCUT2D eigenvalue weighted by Crippen LogP contribution is 2.34. The molecule has 0 unspecified atom stereocenters. The van der Waals surface area contributed by atoms with Gasteiger partial charge in [0.15, 0.2) is 23.3 Å². The van der Waals surface area contributed by atoms with Gasteiger partial charge in [0.2, 0.25) is 11.0 Å². The summed E-state index contributed by atoms with van der Waals surface area (Å²) in [5.74, 6) is 0.141. The van der Waals surface area contributed by atoms with E-state index < -0.39 is 44.0 Å². The van der Waals surface area contributed by atoms with E-state index in [1.807, 2.05) is 13.8 Å². The third-order valence-electron chi connectivity index (χ3n) is 14.7. The van der Waals surface area contributed by atoms with Crippen LogP contribution < -0.4 is 22.1 Å². The maximum Gasteiger partial charge on any atom is 0.329 e. The molecule has 83 heavy (non-hydrogen) atoms. The van der Waals surface area contributed by atoms with E-state index in [-0.39, 0.29) is 46.2 Å². The molecule has 0 aliphatic heterocycles. The zero-order valence-corrected chi connectivity index (χ0v) is 46.0. The van der Waals surface area contributed by atoms with E-state index in [0.29, 0.717) is 83.1 Å². The molecule has 0 spiro atoms. The number of rotatable bonds is 9. The number of imidazole rings is 3. The van der Waals surface area contributed by atoms with E-state index in [0.717, 1.165) is 63.8 Å². The fourth-order valence-corrected chi connectivity index (χ4v) is 9.94. The van der Waals surface area contributed by atoms with Gasteiger partial charge in [0.1, 0.15) is 63.9 Å². The highest BCUT2D eigenvalue weighted by Gasteiger charge is 2.32. The van der Waals surface area contributed by atoms with E-state index in [4.69, 9.17) is 23.1 Å². The maximum absolute atomic E-state index is 13.6. The van der Waals surface area contributed by atoms with Crippen molar-refractivity contribution in [1.29, 1.82) is 0 Å². The van der Waals surface area contributed by atoms with Crippen molar-refractivity contribution in [1.82, 2.24) is 58.1 Å². The molecule has 0 atom stereocenters. The first kappa shape index (κ1) is 59.1. The molecule has 3 saturated carbocycles. The molecular weight excluding hydrogens is 1110 g/mol. The first-order valence-electron chi connectivity index (χ1n) is 26.6. The van der Waals surface area contributed by atoms with Gasteiger partial charge >= 0.3 is 11.4 Å². The number of nitrogens with zero attached hydrogens (tertiary/aromatic N) is 14. The predicted octanol–water partition coefficient (Wildman–Crippen LogP) is 8.69. The Labute approximate surface area is 476 Å². The molecule has 0 saturated heterocycles. The summed E-state index contributed by atoms with van der Waals surface area (Å²) in [6, 6.07) is 9.04. The van der Waals surface area contributed by atoms with E-state index in [1.54, 1.807) is 29.8 Å². The molecule has 9 N–H and O–H groups in total. The van der Waals surface area contributed by atoms with Gasteiger partial charge in [-0.2, -0.15) is 0 Å². The number of nitrogen functional groups attached to an aromatic ring is 1. The number of anilines is 3. The van der Waals surface area contributed by atoms with Crippen LogP contribution in [0, 0.1) is 37.7 Å². The third kappa shape index (κ3) is 14.6. The van der Waals surface area contributed by atoms with Gasteiger partial charge in [-0.05, 0) is 134 Å². The Hall–Kier alpha value is -8.57. The molecule has 0 aromatic carbocycles. The standard InChI is InChI=1S/C18H19FN6O3.C18H21FN6O.C11H5ClFN5O2.C7H15NO/c1-18(26)6-4-12(5-7-18)22-17-14(25(27)28)9-21-16(23-17)13-8-20-15-3-2-11(19)10-24(13)15;1-18(26)6-4-12(5-7-18)23-16-13(20)8-22-17(24-16)14-9-21-15-3-2-11(19)10-25(14)15;12-10-7(18(19)20)3-15-11(16-10)8-4-14-9-2-1-6(13)5-17(8)9;1-7(9)4-2-6(8)3-5-7/h2-3,8-10,12,26H,4-7H2,1H3,(H,21,22,23);2-3,8-10,12,26H,4-7,20H2,1H3,(H,22,23,24);1-5H;6,9H,2-5,8H2,1H3. The minimum atomic E-state index is -0.707. The minimum Gasteiger partial charge on any atom is -0.394 e. The van der Waals surface area contributed by atoms with Crippen LogP contribution in [0.4, 0.5) is 41.9 Å². The minimum absolute atomic E-state index is 0.0405. The smallest absolute Gasteiger partial charge is 0.329 e.